The molecule has 7 heteroatoms. The molecule has 0 atom stereocenters. The number of hydrogen-bond acceptors (Lipinski definition) is 5. The van der Waals surface area contributed by atoms with Crippen LogP contribution in [-0.4, -0.2) is 33.4 Å². The Bertz CT molecular complexity index is 612. The number of amidine groups is 1. The molecule has 0 bridgehead atoms. The highest BCUT2D eigenvalue weighted by Gasteiger charge is 2.05. The van der Waals surface area contributed by atoms with Crippen LogP contribution in [0.1, 0.15) is 26.2 Å². The molecular formula is C14H20N4O2S. The number of oxime groups is 1. The van der Waals surface area contributed by atoms with Gasteiger partial charge in [-0.3, -0.25) is 0 Å². The Balaban J connectivity index is 1.85. The van der Waals surface area contributed by atoms with Crippen LogP contribution in [0.2, 0.25) is 0 Å². The predicted molar refractivity (Wildman–Crippen MR) is 85.2 cm³/mol. The summed E-state index contributed by atoms with van der Waals surface area (Å²) in [5.74, 6) is 2.08. The van der Waals surface area contributed by atoms with Crippen molar-refractivity contribution in [3.05, 3.63) is 18.2 Å². The number of imidazole rings is 1. The average Bonchev–Trinajstić information content (AvgIpc) is 2.89. The molecule has 1 aromatic heterocycles. The van der Waals surface area contributed by atoms with Crippen LogP contribution in [-0.2, 0) is 0 Å². The van der Waals surface area contributed by atoms with Gasteiger partial charge in [0, 0.05) is 18.2 Å². The maximum atomic E-state index is 8.44. The zero-order valence-corrected chi connectivity index (χ0v) is 12.8. The molecule has 0 aliphatic rings. The van der Waals surface area contributed by atoms with E-state index >= 15 is 0 Å². The molecule has 0 amide bonds. The van der Waals surface area contributed by atoms with E-state index in [9.17, 15) is 0 Å². The number of fused-ring (bicyclic) bond motifs is 1. The van der Waals surface area contributed by atoms with E-state index < -0.39 is 0 Å². The number of nitrogens with zero attached hydrogens (tertiary/aromatic N) is 2. The first-order chi connectivity index (χ1) is 10.2. The number of aromatic amines is 1. The molecule has 1 aromatic carbocycles. The molecule has 21 heavy (non-hydrogen) atoms. The Hall–Kier alpha value is -1.89. The van der Waals surface area contributed by atoms with Crippen molar-refractivity contribution in [3.8, 4) is 5.75 Å². The highest BCUT2D eigenvalue weighted by molar-refractivity contribution is 7.99. The zero-order valence-electron chi connectivity index (χ0n) is 12.0. The van der Waals surface area contributed by atoms with E-state index in [0.717, 1.165) is 40.5 Å². The van der Waals surface area contributed by atoms with Gasteiger partial charge < -0.3 is 20.7 Å². The highest BCUT2D eigenvalue weighted by Crippen LogP contribution is 2.24. The van der Waals surface area contributed by atoms with Crippen molar-refractivity contribution >= 4 is 28.6 Å². The first-order valence-corrected chi connectivity index (χ1v) is 7.93. The van der Waals surface area contributed by atoms with Gasteiger partial charge in [0.2, 0.25) is 0 Å². The predicted octanol–water partition coefficient (Wildman–Crippen LogP) is 2.97. The summed E-state index contributed by atoms with van der Waals surface area (Å²) in [4.78, 5) is 7.81. The fraction of sp³-hybridized carbons (Fsp3) is 0.429. The quantitative estimate of drug-likeness (QED) is 0.174. The minimum absolute atomic E-state index is 0.284. The second kappa shape index (κ2) is 7.78. The van der Waals surface area contributed by atoms with Gasteiger partial charge in [0.25, 0.3) is 0 Å². The summed E-state index contributed by atoms with van der Waals surface area (Å²) < 4.78 is 5.47. The third kappa shape index (κ3) is 4.56. The van der Waals surface area contributed by atoms with Gasteiger partial charge in [-0.15, -0.1) is 0 Å². The van der Waals surface area contributed by atoms with E-state index in [1.807, 2.05) is 25.1 Å². The molecule has 0 aliphatic heterocycles. The van der Waals surface area contributed by atoms with Crippen LogP contribution in [0.5, 0.6) is 5.75 Å². The van der Waals surface area contributed by atoms with Crippen LogP contribution in [0.3, 0.4) is 0 Å². The van der Waals surface area contributed by atoms with Crippen molar-refractivity contribution in [2.75, 3.05) is 12.4 Å². The summed E-state index contributed by atoms with van der Waals surface area (Å²) in [7, 11) is 0. The van der Waals surface area contributed by atoms with Gasteiger partial charge in [-0.2, -0.15) is 0 Å². The van der Waals surface area contributed by atoms with E-state index in [4.69, 9.17) is 15.7 Å². The molecule has 0 radical (unpaired) electrons. The van der Waals surface area contributed by atoms with Crippen LogP contribution in [0.15, 0.2) is 28.5 Å². The minimum atomic E-state index is 0.284. The molecular weight excluding hydrogens is 288 g/mol. The van der Waals surface area contributed by atoms with E-state index in [1.54, 1.807) is 11.8 Å². The smallest absolute Gasteiger partial charge is 0.166 e. The summed E-state index contributed by atoms with van der Waals surface area (Å²) >= 11 is 1.67. The third-order valence-electron chi connectivity index (χ3n) is 2.94. The lowest BCUT2D eigenvalue weighted by atomic mass is 10.2. The van der Waals surface area contributed by atoms with E-state index in [1.165, 1.54) is 0 Å². The molecule has 4 N–H and O–H groups in total. The monoisotopic (exact) mass is 308 g/mol. The highest BCUT2D eigenvalue weighted by atomic mass is 32.2. The van der Waals surface area contributed by atoms with E-state index in [0.29, 0.717) is 13.0 Å². The number of aromatic nitrogens is 2. The maximum absolute atomic E-state index is 8.44. The number of thioether (sulfide) groups is 1. The van der Waals surface area contributed by atoms with Crippen molar-refractivity contribution in [1.29, 1.82) is 0 Å². The fourth-order valence-electron chi connectivity index (χ4n) is 1.92. The second-order valence-electron chi connectivity index (χ2n) is 4.55. The van der Waals surface area contributed by atoms with Crippen LogP contribution >= 0.6 is 11.8 Å². The van der Waals surface area contributed by atoms with Crippen molar-refractivity contribution in [2.24, 2.45) is 10.9 Å². The van der Waals surface area contributed by atoms with Gasteiger partial charge in [-0.1, -0.05) is 16.9 Å². The first-order valence-electron chi connectivity index (χ1n) is 6.94. The summed E-state index contributed by atoms with van der Waals surface area (Å²) in [6, 6.07) is 5.85. The molecule has 0 fully saturated rings. The molecule has 0 aliphatic carbocycles. The van der Waals surface area contributed by atoms with Gasteiger partial charge in [0.05, 0.1) is 17.6 Å². The molecule has 0 saturated carbocycles. The third-order valence-corrected chi connectivity index (χ3v) is 3.90. The van der Waals surface area contributed by atoms with Crippen molar-refractivity contribution < 1.29 is 9.94 Å². The van der Waals surface area contributed by atoms with Gasteiger partial charge in [0.15, 0.2) is 5.16 Å². The Labute approximate surface area is 127 Å². The molecule has 0 spiro atoms. The lowest BCUT2D eigenvalue weighted by Gasteiger charge is -2.00. The first kappa shape index (κ1) is 15.5. The van der Waals surface area contributed by atoms with E-state index in [-0.39, 0.29) is 5.84 Å². The second-order valence-corrected chi connectivity index (χ2v) is 5.63. The topological polar surface area (TPSA) is 96.5 Å². The Morgan fingerprint density at radius 1 is 1.48 bits per heavy atom. The van der Waals surface area contributed by atoms with Crippen molar-refractivity contribution in [3.63, 3.8) is 0 Å². The molecule has 0 saturated heterocycles. The Kier molecular flexibility index (Phi) is 5.74. The number of hydrogen-bond donors (Lipinski definition) is 3. The van der Waals surface area contributed by atoms with Gasteiger partial charge in [0.1, 0.15) is 11.6 Å². The van der Waals surface area contributed by atoms with Crippen LogP contribution < -0.4 is 10.5 Å². The Morgan fingerprint density at radius 3 is 3.10 bits per heavy atom. The van der Waals surface area contributed by atoms with Crippen LogP contribution in [0.25, 0.3) is 11.0 Å². The van der Waals surface area contributed by atoms with Crippen molar-refractivity contribution in [2.45, 2.75) is 31.3 Å². The fourth-order valence-corrected chi connectivity index (χ4v) is 2.80. The number of rotatable bonds is 8. The molecule has 2 aromatic rings. The maximum Gasteiger partial charge on any atom is 0.166 e. The molecule has 2 rings (SSSR count). The summed E-state index contributed by atoms with van der Waals surface area (Å²) in [6.45, 7) is 2.62. The lowest BCUT2D eigenvalue weighted by molar-refractivity contribution is 0.316. The Morgan fingerprint density at radius 2 is 2.33 bits per heavy atom. The lowest BCUT2D eigenvalue weighted by Crippen LogP contribution is -2.10. The molecule has 114 valence electrons. The van der Waals surface area contributed by atoms with Gasteiger partial charge >= 0.3 is 0 Å². The number of ether oxygens (including phenoxy) is 1. The number of nitrogens with one attached hydrogen (secondary N) is 1. The summed E-state index contributed by atoms with van der Waals surface area (Å²) in [5.41, 5.74) is 7.35. The normalized spacial score (nSPS) is 12.0. The van der Waals surface area contributed by atoms with Gasteiger partial charge in [-0.05, 0) is 31.9 Å². The van der Waals surface area contributed by atoms with Gasteiger partial charge in [-0.25, -0.2) is 4.98 Å². The van der Waals surface area contributed by atoms with Crippen molar-refractivity contribution in [1.82, 2.24) is 9.97 Å². The standard InChI is InChI=1S/C14H20N4O2S/c1-2-20-10-6-7-11-12(9-10)17-14(16-11)21-8-4-3-5-13(15)18-19/h6-7,9,19H,2-5,8H2,1H3,(H2,15,18)(H,16,17). The molecule has 0 unspecified atom stereocenters. The number of nitrogens with two attached hydrogens (primary N) is 1. The largest absolute Gasteiger partial charge is 0.494 e. The molecule has 6 nitrogen and oxygen atoms in total. The summed E-state index contributed by atoms with van der Waals surface area (Å²) in [6.07, 6.45) is 2.51. The SMILES string of the molecule is CCOc1ccc2nc(SCCCCC(N)=NO)[nH]c2c1. The van der Waals surface area contributed by atoms with Crippen LogP contribution in [0.4, 0.5) is 0 Å². The number of unbranched alkanes of at least 4 members (excludes halogenated alkanes) is 1. The van der Waals surface area contributed by atoms with Crippen LogP contribution in [0, 0.1) is 0 Å². The van der Waals surface area contributed by atoms with E-state index in [2.05, 4.69) is 15.1 Å². The summed E-state index contributed by atoms with van der Waals surface area (Å²) in [5, 5.41) is 12.3. The zero-order chi connectivity index (χ0) is 15.1. The number of benzene rings is 1. The average molecular weight is 308 g/mol. The molecule has 1 heterocycles. The number of H-pyrrole nitrogens is 1. The minimum Gasteiger partial charge on any atom is -0.494 e.